The lowest BCUT2D eigenvalue weighted by Gasteiger charge is -2.29. The number of amides is 4. The van der Waals surface area contributed by atoms with Crippen molar-refractivity contribution in [3.8, 4) is 0 Å². The molecule has 7 N–H and O–H groups in total. The van der Waals surface area contributed by atoms with Gasteiger partial charge in [0.25, 0.3) is 0 Å². The summed E-state index contributed by atoms with van der Waals surface area (Å²) >= 11 is 0. The Kier molecular flexibility index (Phi) is 9.37. The number of para-hydroxylation sites is 1. The maximum atomic E-state index is 13.2. The number of urea groups is 1. The number of aromatic amines is 1. The zero-order valence-corrected chi connectivity index (χ0v) is 22.4. The molecule has 2 aliphatic rings. The number of primary amides is 1. The first-order chi connectivity index (χ1) is 17.9. The molecule has 2 aromatic rings. The molecule has 11 heteroatoms. The average Bonchev–Trinajstić information content (AvgIpc) is 3.51. The first kappa shape index (κ1) is 29.0. The highest BCUT2D eigenvalue weighted by atomic mass is 16.4. The molecule has 1 unspecified atom stereocenters. The summed E-state index contributed by atoms with van der Waals surface area (Å²) < 4.78 is 0. The highest BCUT2D eigenvalue weighted by molar-refractivity contribution is 5.94. The summed E-state index contributed by atoms with van der Waals surface area (Å²) in [6.07, 6.45) is 5.42. The molecule has 0 bridgehead atoms. The number of piperidine rings is 1. The van der Waals surface area contributed by atoms with Gasteiger partial charge in [0.2, 0.25) is 11.8 Å². The van der Waals surface area contributed by atoms with Crippen LogP contribution in [0.2, 0.25) is 0 Å². The predicted octanol–water partition coefficient (Wildman–Crippen LogP) is 1.81. The summed E-state index contributed by atoms with van der Waals surface area (Å²) in [7, 11) is 0. The number of nitrogens with zero attached hydrogens (tertiary/aromatic N) is 2. The third-order valence-corrected chi connectivity index (χ3v) is 7.08. The Labute approximate surface area is 222 Å². The van der Waals surface area contributed by atoms with Crippen LogP contribution in [0, 0.1) is 5.92 Å². The highest BCUT2D eigenvalue weighted by Crippen LogP contribution is 2.23. The number of aromatic nitrogens is 1. The van der Waals surface area contributed by atoms with Crippen LogP contribution in [0.5, 0.6) is 0 Å². The van der Waals surface area contributed by atoms with Gasteiger partial charge in [0.1, 0.15) is 12.1 Å². The molecule has 2 saturated heterocycles. The van der Waals surface area contributed by atoms with Crippen LogP contribution in [-0.4, -0.2) is 81.0 Å². The SMILES string of the molecule is CC(C)(N)C(=O)N[C@H](Cc1c[nH]c2ccccc12)C(=O)N1CCC[C@@H]1C(=O)O.CC1CCCN(C(N)=O)C1. The van der Waals surface area contributed by atoms with E-state index in [1.54, 1.807) is 18.7 Å². The third-order valence-electron chi connectivity index (χ3n) is 7.08. The van der Waals surface area contributed by atoms with E-state index in [1.165, 1.54) is 11.3 Å². The number of hydrogen-bond acceptors (Lipinski definition) is 5. The molecule has 0 saturated carbocycles. The van der Waals surface area contributed by atoms with Crippen LogP contribution < -0.4 is 16.8 Å². The molecule has 1 aromatic carbocycles. The number of H-pyrrole nitrogens is 1. The summed E-state index contributed by atoms with van der Waals surface area (Å²) in [5.41, 5.74) is 11.6. The number of fused-ring (bicyclic) bond motifs is 1. The Morgan fingerprint density at radius 3 is 2.45 bits per heavy atom. The summed E-state index contributed by atoms with van der Waals surface area (Å²) in [5.74, 6) is -1.26. The van der Waals surface area contributed by atoms with E-state index in [-0.39, 0.29) is 12.5 Å². The summed E-state index contributed by atoms with van der Waals surface area (Å²) in [4.78, 5) is 54.0. The zero-order chi connectivity index (χ0) is 28.0. The van der Waals surface area contributed by atoms with Crippen molar-refractivity contribution in [3.63, 3.8) is 0 Å². The number of benzene rings is 1. The monoisotopic (exact) mass is 528 g/mol. The van der Waals surface area contributed by atoms with Crippen molar-refractivity contribution >= 4 is 34.7 Å². The largest absolute Gasteiger partial charge is 0.480 e. The molecule has 0 aliphatic carbocycles. The number of likely N-dealkylation sites (tertiary alicyclic amines) is 2. The smallest absolute Gasteiger partial charge is 0.326 e. The molecule has 1 aromatic heterocycles. The van der Waals surface area contributed by atoms with Gasteiger partial charge in [-0.05, 0) is 57.1 Å². The summed E-state index contributed by atoms with van der Waals surface area (Å²) in [6, 6.07) is 5.65. The molecular formula is C27H40N6O5. The number of carbonyl (C=O) groups is 4. The highest BCUT2D eigenvalue weighted by Gasteiger charge is 2.38. The molecule has 11 nitrogen and oxygen atoms in total. The van der Waals surface area contributed by atoms with Gasteiger partial charge in [-0.2, -0.15) is 0 Å². The van der Waals surface area contributed by atoms with Gasteiger partial charge in [0, 0.05) is 43.2 Å². The second-order valence-electron chi connectivity index (χ2n) is 10.9. The summed E-state index contributed by atoms with van der Waals surface area (Å²) in [6.45, 7) is 7.32. The Hall–Kier alpha value is -3.60. The second kappa shape index (κ2) is 12.3. The number of hydrogen-bond donors (Lipinski definition) is 5. The minimum atomic E-state index is -1.16. The van der Waals surface area contributed by atoms with Gasteiger partial charge in [-0.3, -0.25) is 9.59 Å². The van der Waals surface area contributed by atoms with E-state index in [2.05, 4.69) is 17.2 Å². The number of aliphatic carboxylic acids is 1. The standard InChI is InChI=1S/C20H26N4O4.C7H14N2O/c1-20(2,21)19(28)23-15(17(25)24-9-5-8-16(24)18(26)27)10-12-11-22-14-7-4-3-6-13(12)14;1-6-3-2-4-9(5-6)7(8)10/h3-4,6-7,11,15-16,22H,5,8-10,21H2,1-2H3,(H,23,28)(H,26,27);6H,2-5H2,1H3,(H2,8,10)/t15-,16-;/m1./s1. The van der Waals surface area contributed by atoms with Crippen molar-refractivity contribution < 1.29 is 24.3 Å². The molecule has 208 valence electrons. The van der Waals surface area contributed by atoms with Crippen molar-refractivity contribution in [2.45, 2.75) is 70.5 Å². The summed E-state index contributed by atoms with van der Waals surface area (Å²) in [5, 5.41) is 13.1. The fourth-order valence-electron chi connectivity index (χ4n) is 4.94. The first-order valence-corrected chi connectivity index (χ1v) is 13.1. The Morgan fingerprint density at radius 1 is 1.16 bits per heavy atom. The number of carboxylic acids is 1. The number of carbonyl (C=O) groups excluding carboxylic acids is 3. The fraction of sp³-hybridized carbons (Fsp3) is 0.556. The van der Waals surface area contributed by atoms with Crippen molar-refractivity contribution in [1.29, 1.82) is 0 Å². The molecule has 38 heavy (non-hydrogen) atoms. The van der Waals surface area contributed by atoms with Crippen LogP contribution in [0.15, 0.2) is 30.5 Å². The van der Waals surface area contributed by atoms with Crippen LogP contribution in [-0.2, 0) is 20.8 Å². The first-order valence-electron chi connectivity index (χ1n) is 13.1. The van der Waals surface area contributed by atoms with Crippen LogP contribution in [0.1, 0.15) is 52.0 Å². The van der Waals surface area contributed by atoms with E-state index < -0.39 is 35.4 Å². The van der Waals surface area contributed by atoms with Crippen molar-refractivity contribution in [3.05, 3.63) is 36.0 Å². The second-order valence-corrected chi connectivity index (χ2v) is 10.9. The maximum Gasteiger partial charge on any atom is 0.326 e. The van der Waals surface area contributed by atoms with Crippen LogP contribution >= 0.6 is 0 Å². The Balaban J connectivity index is 0.000000336. The van der Waals surface area contributed by atoms with Gasteiger partial charge in [0.05, 0.1) is 5.54 Å². The van der Waals surface area contributed by atoms with Gasteiger partial charge in [-0.1, -0.05) is 25.1 Å². The Morgan fingerprint density at radius 2 is 1.84 bits per heavy atom. The third kappa shape index (κ3) is 7.25. The minimum absolute atomic E-state index is 0.244. The van der Waals surface area contributed by atoms with E-state index in [0.29, 0.717) is 25.3 Å². The van der Waals surface area contributed by atoms with E-state index in [9.17, 15) is 24.3 Å². The molecule has 0 radical (unpaired) electrons. The maximum absolute atomic E-state index is 13.2. The Bertz CT molecular complexity index is 1160. The van der Waals surface area contributed by atoms with Crippen LogP contribution in [0.25, 0.3) is 10.9 Å². The predicted molar refractivity (Wildman–Crippen MR) is 144 cm³/mol. The van der Waals surface area contributed by atoms with Gasteiger partial charge in [-0.15, -0.1) is 0 Å². The van der Waals surface area contributed by atoms with E-state index in [1.807, 2.05) is 30.5 Å². The topological polar surface area (TPSA) is 175 Å². The van der Waals surface area contributed by atoms with Gasteiger partial charge in [0.15, 0.2) is 0 Å². The lowest BCUT2D eigenvalue weighted by molar-refractivity contribution is -0.149. The molecule has 0 spiro atoms. The van der Waals surface area contributed by atoms with Gasteiger partial charge in [-0.25, -0.2) is 9.59 Å². The van der Waals surface area contributed by atoms with Crippen molar-refractivity contribution in [1.82, 2.24) is 20.1 Å². The quantitative estimate of drug-likeness (QED) is 0.382. The molecule has 4 rings (SSSR count). The van der Waals surface area contributed by atoms with Crippen molar-refractivity contribution in [2.75, 3.05) is 19.6 Å². The number of nitrogens with two attached hydrogens (primary N) is 2. The lowest BCUT2D eigenvalue weighted by Crippen LogP contribution is -2.58. The van der Waals surface area contributed by atoms with Gasteiger partial charge >= 0.3 is 12.0 Å². The molecular weight excluding hydrogens is 488 g/mol. The fourth-order valence-corrected chi connectivity index (χ4v) is 4.94. The van der Waals surface area contributed by atoms with Crippen LogP contribution in [0.4, 0.5) is 4.79 Å². The molecule has 2 fully saturated rings. The normalized spacial score (nSPS) is 20.4. The lowest BCUT2D eigenvalue weighted by atomic mass is 10.0. The van der Waals surface area contributed by atoms with E-state index >= 15 is 0 Å². The molecule has 3 heterocycles. The number of carboxylic acid groups (broad SMARTS) is 1. The molecule has 3 atom stereocenters. The number of nitrogens with one attached hydrogen (secondary N) is 2. The minimum Gasteiger partial charge on any atom is -0.480 e. The molecule has 2 aliphatic heterocycles. The zero-order valence-electron chi connectivity index (χ0n) is 22.4. The average molecular weight is 529 g/mol. The van der Waals surface area contributed by atoms with E-state index in [4.69, 9.17) is 11.5 Å². The van der Waals surface area contributed by atoms with Crippen LogP contribution in [0.3, 0.4) is 0 Å². The van der Waals surface area contributed by atoms with E-state index in [0.717, 1.165) is 36.0 Å². The van der Waals surface area contributed by atoms with Gasteiger partial charge < -0.3 is 36.7 Å². The number of rotatable bonds is 6. The molecule has 4 amide bonds. The van der Waals surface area contributed by atoms with Crippen molar-refractivity contribution in [2.24, 2.45) is 17.4 Å².